The van der Waals surface area contributed by atoms with Crippen molar-refractivity contribution in [2.45, 2.75) is 45.1 Å². The van der Waals surface area contributed by atoms with Gasteiger partial charge in [0.05, 0.1) is 20.8 Å². The molecule has 0 atom stereocenters. The third-order valence-corrected chi connectivity index (χ3v) is 3.43. The molecule has 0 radical (unpaired) electrons. The van der Waals surface area contributed by atoms with Crippen LogP contribution in [0.4, 0.5) is 4.79 Å². The van der Waals surface area contributed by atoms with Gasteiger partial charge >= 0.3 is 6.09 Å². The Morgan fingerprint density at radius 1 is 1.40 bits per heavy atom. The zero-order chi connectivity index (χ0) is 16.5. The van der Waals surface area contributed by atoms with Crippen LogP contribution in [0.15, 0.2) is 16.9 Å². The lowest BCUT2D eigenvalue weighted by Crippen LogP contribution is -2.41. The summed E-state index contributed by atoms with van der Waals surface area (Å²) in [6, 6.07) is 0. The largest absolute Gasteiger partial charge is 0.444 e. The number of amides is 1. The van der Waals surface area contributed by atoms with Crippen molar-refractivity contribution in [2.24, 2.45) is 0 Å². The average molecular weight is 344 g/mol. The fourth-order valence-corrected chi connectivity index (χ4v) is 2.28. The number of halogens is 1. The van der Waals surface area contributed by atoms with E-state index in [4.69, 9.17) is 7.48 Å². The lowest BCUT2D eigenvalue weighted by Gasteiger charge is -2.33. The molecule has 1 aliphatic rings. The van der Waals surface area contributed by atoms with Crippen LogP contribution in [0.1, 0.15) is 48.0 Å². The highest BCUT2D eigenvalue weighted by molar-refractivity contribution is 9.10. The van der Waals surface area contributed by atoms with E-state index in [0.29, 0.717) is 31.6 Å². The fourth-order valence-electron chi connectivity index (χ4n) is 2.11. The van der Waals surface area contributed by atoms with Crippen molar-refractivity contribution >= 4 is 22.0 Å². The lowest BCUT2D eigenvalue weighted by atomic mass is 9.94. The molecule has 1 aliphatic heterocycles. The van der Waals surface area contributed by atoms with Crippen molar-refractivity contribution in [3.8, 4) is 0 Å². The van der Waals surface area contributed by atoms with Gasteiger partial charge in [0.15, 0.2) is 0 Å². The molecule has 1 aromatic rings. The predicted molar refractivity (Wildman–Crippen MR) is 79.5 cm³/mol. The monoisotopic (exact) mass is 343 g/mol. The number of carbonyl (C=O) groups excluding carboxylic acids is 1. The van der Waals surface area contributed by atoms with Crippen molar-refractivity contribution in [2.75, 3.05) is 13.1 Å². The fraction of sp³-hybridized carbons (Fsp3) is 0.643. The summed E-state index contributed by atoms with van der Waals surface area (Å²) in [4.78, 5) is 21.8. The smallest absolute Gasteiger partial charge is 0.410 e. The number of ether oxygens (including phenoxy) is 1. The van der Waals surface area contributed by atoms with Gasteiger partial charge in [0.2, 0.25) is 0 Å². The SMILES string of the molecule is [2H]c1nc(C2CCN(C(=O)OC(C)(C)C)CC2)c([2H])nc1Br. The molecule has 0 aliphatic carbocycles. The van der Waals surface area contributed by atoms with Gasteiger partial charge in [0.1, 0.15) is 10.2 Å². The minimum Gasteiger partial charge on any atom is -0.444 e. The molecule has 2 heterocycles. The van der Waals surface area contributed by atoms with Gasteiger partial charge in [-0.2, -0.15) is 0 Å². The minimum atomic E-state index is -0.500. The molecule has 0 N–H and O–H groups in total. The van der Waals surface area contributed by atoms with E-state index in [-0.39, 0.29) is 29.0 Å². The summed E-state index contributed by atoms with van der Waals surface area (Å²) >= 11 is 3.11. The Kier molecular flexibility index (Phi) is 3.82. The topological polar surface area (TPSA) is 55.3 Å². The van der Waals surface area contributed by atoms with E-state index in [1.807, 2.05) is 20.8 Å². The Labute approximate surface area is 130 Å². The maximum Gasteiger partial charge on any atom is 0.410 e. The zero-order valence-corrected chi connectivity index (χ0v) is 13.5. The highest BCUT2D eigenvalue weighted by Gasteiger charge is 2.27. The van der Waals surface area contributed by atoms with Crippen LogP contribution in [-0.4, -0.2) is 39.7 Å². The Morgan fingerprint density at radius 2 is 2.05 bits per heavy atom. The number of nitrogens with zero attached hydrogens (tertiary/aromatic N) is 3. The number of hydrogen-bond donors (Lipinski definition) is 0. The van der Waals surface area contributed by atoms with Crippen molar-refractivity contribution in [3.63, 3.8) is 0 Å². The summed E-state index contributed by atoms with van der Waals surface area (Å²) in [5.74, 6) is 0.0517. The summed E-state index contributed by atoms with van der Waals surface area (Å²) in [6.45, 7) is 6.65. The molecule has 20 heavy (non-hydrogen) atoms. The predicted octanol–water partition coefficient (Wildman–Crippen LogP) is 3.35. The molecule has 0 spiro atoms. The summed E-state index contributed by atoms with van der Waals surface area (Å²) in [7, 11) is 0. The first-order valence-corrected chi connectivity index (χ1v) is 7.45. The van der Waals surface area contributed by atoms with E-state index in [1.54, 1.807) is 4.90 Å². The lowest BCUT2D eigenvalue weighted by molar-refractivity contribution is 0.0204. The second-order valence-corrected chi connectivity index (χ2v) is 6.62. The third kappa shape index (κ3) is 4.16. The van der Waals surface area contributed by atoms with Crippen LogP contribution in [0.3, 0.4) is 0 Å². The molecule has 1 amide bonds. The number of piperidine rings is 1. The van der Waals surface area contributed by atoms with Crippen LogP contribution in [-0.2, 0) is 4.74 Å². The van der Waals surface area contributed by atoms with Gasteiger partial charge in [0, 0.05) is 19.0 Å². The van der Waals surface area contributed by atoms with Gasteiger partial charge in [-0.15, -0.1) is 0 Å². The summed E-state index contributed by atoms with van der Waals surface area (Å²) < 4.78 is 21.2. The second-order valence-electron chi connectivity index (χ2n) is 5.86. The van der Waals surface area contributed by atoms with Crippen molar-refractivity contribution in [3.05, 3.63) is 22.6 Å². The molecule has 2 rings (SSSR count). The number of aromatic nitrogens is 2. The van der Waals surface area contributed by atoms with E-state index in [2.05, 4.69) is 25.9 Å². The first-order chi connectivity index (χ1) is 10.2. The molecule has 0 saturated carbocycles. The van der Waals surface area contributed by atoms with E-state index in [1.165, 1.54) is 0 Å². The maximum absolute atomic E-state index is 12.0. The van der Waals surface area contributed by atoms with Gasteiger partial charge in [0.25, 0.3) is 0 Å². The maximum atomic E-state index is 12.0. The standard InChI is InChI=1S/C14H20BrN3O2/c1-14(2,3)20-13(19)18-6-4-10(5-7-18)11-8-17-12(15)9-16-11/h8-10H,4-7H2,1-3H3/i8D,9D. The molecule has 0 aromatic carbocycles. The van der Waals surface area contributed by atoms with E-state index < -0.39 is 5.60 Å². The quantitative estimate of drug-likeness (QED) is 0.784. The Morgan fingerprint density at radius 3 is 2.65 bits per heavy atom. The summed E-state index contributed by atoms with van der Waals surface area (Å²) in [5.41, 5.74) is 0.0385. The van der Waals surface area contributed by atoms with Gasteiger partial charge < -0.3 is 9.64 Å². The average Bonchev–Trinajstić information content (AvgIpc) is 2.41. The van der Waals surface area contributed by atoms with Gasteiger partial charge in [-0.05, 0) is 49.5 Å². The molecular weight excluding hydrogens is 322 g/mol. The van der Waals surface area contributed by atoms with Crippen molar-refractivity contribution in [1.29, 1.82) is 0 Å². The Balaban J connectivity index is 2.01. The highest BCUT2D eigenvalue weighted by Crippen LogP contribution is 2.27. The normalized spacial score (nSPS) is 18.5. The minimum absolute atomic E-state index is 0.0422. The van der Waals surface area contributed by atoms with Crippen molar-refractivity contribution < 1.29 is 12.3 Å². The van der Waals surface area contributed by atoms with Crippen LogP contribution in [0.2, 0.25) is 0 Å². The highest BCUT2D eigenvalue weighted by atomic mass is 79.9. The van der Waals surface area contributed by atoms with Gasteiger partial charge in [-0.1, -0.05) is 0 Å². The van der Waals surface area contributed by atoms with E-state index >= 15 is 0 Å². The van der Waals surface area contributed by atoms with Crippen LogP contribution in [0.5, 0.6) is 0 Å². The number of hydrogen-bond acceptors (Lipinski definition) is 4. The summed E-state index contributed by atoms with van der Waals surface area (Å²) in [5, 5.41) is 0. The van der Waals surface area contributed by atoms with Crippen LogP contribution < -0.4 is 0 Å². The first kappa shape index (κ1) is 12.6. The van der Waals surface area contributed by atoms with Gasteiger partial charge in [-0.3, -0.25) is 4.98 Å². The van der Waals surface area contributed by atoms with Crippen LogP contribution >= 0.6 is 15.9 Å². The number of carbonyl (C=O) groups is 1. The Hall–Kier alpha value is -1.17. The van der Waals surface area contributed by atoms with E-state index in [9.17, 15) is 4.79 Å². The summed E-state index contributed by atoms with van der Waals surface area (Å²) in [6.07, 6.45) is 1.22. The number of rotatable bonds is 1. The van der Waals surface area contributed by atoms with Crippen molar-refractivity contribution in [1.82, 2.24) is 14.9 Å². The third-order valence-electron chi connectivity index (χ3n) is 3.07. The molecule has 1 aromatic heterocycles. The van der Waals surface area contributed by atoms with Gasteiger partial charge in [-0.25, -0.2) is 9.78 Å². The molecule has 1 saturated heterocycles. The first-order valence-electron chi connectivity index (χ1n) is 7.66. The zero-order valence-electron chi connectivity index (χ0n) is 13.9. The number of likely N-dealkylation sites (tertiary alicyclic amines) is 1. The molecule has 5 nitrogen and oxygen atoms in total. The molecular formula is C14H20BrN3O2. The molecule has 1 fully saturated rings. The molecule has 0 unspecified atom stereocenters. The van der Waals surface area contributed by atoms with Crippen LogP contribution in [0.25, 0.3) is 0 Å². The molecule has 110 valence electrons. The van der Waals surface area contributed by atoms with Crippen LogP contribution in [0, 0.1) is 0 Å². The Bertz CT molecular complexity index is 570. The molecule has 0 bridgehead atoms. The molecule has 6 heteroatoms. The van der Waals surface area contributed by atoms with E-state index in [0.717, 1.165) is 0 Å². The second kappa shape index (κ2) is 6.08.